The maximum Gasteiger partial charge on any atom is 0.328 e. The Hall–Kier alpha value is -1.72. The predicted molar refractivity (Wildman–Crippen MR) is 78.4 cm³/mol. The topological polar surface area (TPSA) is 49.8 Å². The van der Waals surface area contributed by atoms with E-state index in [4.69, 9.17) is 9.84 Å². The molecule has 1 N–H and O–H groups in total. The third kappa shape index (κ3) is 4.95. The van der Waals surface area contributed by atoms with E-state index >= 15 is 0 Å². The molecule has 0 unspecified atom stereocenters. The molecule has 0 spiro atoms. The summed E-state index contributed by atoms with van der Waals surface area (Å²) < 4.78 is 18.8. The standard InChI is InChI=1S/C16H20FNO3/c1-21-9-8-18(14-4-5-14)11-12-2-6-15(17)13(10-12)3-7-16(19)20/h2-3,6-7,10,14H,4-5,8-9,11H2,1H3,(H,19,20). The molecule has 0 radical (unpaired) electrons. The van der Waals surface area contributed by atoms with E-state index in [1.54, 1.807) is 19.2 Å². The monoisotopic (exact) mass is 293 g/mol. The van der Waals surface area contributed by atoms with Crippen LogP contribution in [0.5, 0.6) is 0 Å². The first-order valence-corrected chi connectivity index (χ1v) is 7.02. The predicted octanol–water partition coefficient (Wildman–Crippen LogP) is 2.53. The summed E-state index contributed by atoms with van der Waals surface area (Å²) in [6, 6.07) is 5.42. The Morgan fingerprint density at radius 3 is 2.90 bits per heavy atom. The van der Waals surface area contributed by atoms with Crippen molar-refractivity contribution in [3.63, 3.8) is 0 Å². The maximum atomic E-state index is 13.7. The second kappa shape index (κ2) is 7.33. The Labute approximate surface area is 123 Å². The zero-order valence-corrected chi connectivity index (χ0v) is 12.1. The van der Waals surface area contributed by atoms with Crippen LogP contribution in [0.15, 0.2) is 24.3 Å². The van der Waals surface area contributed by atoms with Gasteiger partial charge in [0.2, 0.25) is 0 Å². The summed E-state index contributed by atoms with van der Waals surface area (Å²) in [5.41, 5.74) is 1.28. The molecule has 1 aromatic carbocycles. The van der Waals surface area contributed by atoms with Gasteiger partial charge >= 0.3 is 5.97 Å². The van der Waals surface area contributed by atoms with E-state index < -0.39 is 11.8 Å². The van der Waals surface area contributed by atoms with Crippen molar-refractivity contribution >= 4 is 12.0 Å². The fourth-order valence-corrected chi connectivity index (χ4v) is 2.25. The molecule has 4 nitrogen and oxygen atoms in total. The molecular formula is C16H20FNO3. The number of hydrogen-bond donors (Lipinski definition) is 1. The SMILES string of the molecule is COCCN(Cc1ccc(F)c(C=CC(=O)O)c1)C1CC1. The molecule has 0 atom stereocenters. The molecule has 1 aliphatic carbocycles. The van der Waals surface area contributed by atoms with E-state index in [0.29, 0.717) is 18.2 Å². The number of halogens is 1. The van der Waals surface area contributed by atoms with Crippen LogP contribution >= 0.6 is 0 Å². The van der Waals surface area contributed by atoms with E-state index in [1.807, 2.05) is 0 Å². The van der Waals surface area contributed by atoms with Crippen molar-refractivity contribution in [3.8, 4) is 0 Å². The highest BCUT2D eigenvalue weighted by Gasteiger charge is 2.28. The van der Waals surface area contributed by atoms with Crippen LogP contribution in [-0.4, -0.2) is 42.3 Å². The maximum absolute atomic E-state index is 13.7. The summed E-state index contributed by atoms with van der Waals surface area (Å²) in [6.45, 7) is 2.24. The molecule has 5 heteroatoms. The van der Waals surface area contributed by atoms with Gasteiger partial charge in [-0.2, -0.15) is 0 Å². The second-order valence-corrected chi connectivity index (χ2v) is 5.22. The lowest BCUT2D eigenvalue weighted by atomic mass is 10.1. The van der Waals surface area contributed by atoms with Crippen LogP contribution in [0.25, 0.3) is 6.08 Å². The minimum absolute atomic E-state index is 0.303. The van der Waals surface area contributed by atoms with Gasteiger partial charge in [0.15, 0.2) is 0 Å². The van der Waals surface area contributed by atoms with Crippen molar-refractivity contribution < 1.29 is 19.0 Å². The number of nitrogens with zero attached hydrogens (tertiary/aromatic N) is 1. The van der Waals surface area contributed by atoms with Gasteiger partial charge in [0.05, 0.1) is 6.61 Å². The molecule has 21 heavy (non-hydrogen) atoms. The van der Waals surface area contributed by atoms with E-state index in [9.17, 15) is 9.18 Å². The fourth-order valence-electron chi connectivity index (χ4n) is 2.25. The lowest BCUT2D eigenvalue weighted by molar-refractivity contribution is -0.131. The third-order valence-corrected chi connectivity index (χ3v) is 3.50. The lowest BCUT2D eigenvalue weighted by Gasteiger charge is -2.21. The summed E-state index contributed by atoms with van der Waals surface area (Å²) in [4.78, 5) is 12.9. The lowest BCUT2D eigenvalue weighted by Crippen LogP contribution is -2.29. The number of carbonyl (C=O) groups is 1. The number of benzene rings is 1. The molecule has 0 aliphatic heterocycles. The van der Waals surface area contributed by atoms with E-state index in [0.717, 1.165) is 24.7 Å². The molecule has 0 saturated heterocycles. The highest BCUT2D eigenvalue weighted by atomic mass is 19.1. The Morgan fingerprint density at radius 2 is 2.29 bits per heavy atom. The molecular weight excluding hydrogens is 273 g/mol. The number of methoxy groups -OCH3 is 1. The zero-order valence-electron chi connectivity index (χ0n) is 12.1. The first kappa shape index (κ1) is 15.7. The van der Waals surface area contributed by atoms with Crippen LogP contribution in [0.2, 0.25) is 0 Å². The summed E-state index contributed by atoms with van der Waals surface area (Å²) >= 11 is 0. The average Bonchev–Trinajstić information content (AvgIpc) is 3.28. The molecule has 1 aliphatic rings. The first-order valence-electron chi connectivity index (χ1n) is 7.02. The van der Waals surface area contributed by atoms with E-state index in [1.165, 1.54) is 25.0 Å². The van der Waals surface area contributed by atoms with Crippen molar-refractivity contribution in [1.82, 2.24) is 4.90 Å². The number of aliphatic carboxylic acids is 1. The quantitative estimate of drug-likeness (QED) is 0.748. The molecule has 114 valence electrons. The van der Waals surface area contributed by atoms with Crippen molar-refractivity contribution in [3.05, 3.63) is 41.2 Å². The van der Waals surface area contributed by atoms with Crippen molar-refractivity contribution in [2.24, 2.45) is 0 Å². The Balaban J connectivity index is 2.08. The van der Waals surface area contributed by atoms with E-state index in [2.05, 4.69) is 4.90 Å². The van der Waals surface area contributed by atoms with Gasteiger partial charge in [0, 0.05) is 37.9 Å². The molecule has 1 aromatic rings. The normalized spacial score (nSPS) is 15.0. The second-order valence-electron chi connectivity index (χ2n) is 5.22. The van der Waals surface area contributed by atoms with Gasteiger partial charge in [-0.3, -0.25) is 4.90 Å². The highest BCUT2D eigenvalue weighted by Crippen LogP contribution is 2.28. The zero-order chi connectivity index (χ0) is 15.2. The molecule has 1 fully saturated rings. The van der Waals surface area contributed by atoms with Gasteiger partial charge < -0.3 is 9.84 Å². The fraction of sp³-hybridized carbons (Fsp3) is 0.438. The van der Waals surface area contributed by atoms with Crippen LogP contribution in [0, 0.1) is 5.82 Å². The summed E-state index contributed by atoms with van der Waals surface area (Å²) in [5, 5.41) is 8.63. The molecule has 0 heterocycles. The molecule has 1 saturated carbocycles. The van der Waals surface area contributed by atoms with Crippen LogP contribution in [0.3, 0.4) is 0 Å². The van der Waals surface area contributed by atoms with Crippen LogP contribution in [0.1, 0.15) is 24.0 Å². The molecule has 0 aromatic heterocycles. The Kier molecular flexibility index (Phi) is 5.47. The minimum atomic E-state index is -1.08. The summed E-state index contributed by atoms with van der Waals surface area (Å²) in [6.07, 6.45) is 4.62. The number of ether oxygens (including phenoxy) is 1. The van der Waals surface area contributed by atoms with Crippen molar-refractivity contribution in [2.75, 3.05) is 20.3 Å². The highest BCUT2D eigenvalue weighted by molar-refractivity contribution is 5.85. The number of carboxylic acid groups (broad SMARTS) is 1. The van der Waals surface area contributed by atoms with Crippen molar-refractivity contribution in [1.29, 1.82) is 0 Å². The average molecular weight is 293 g/mol. The largest absolute Gasteiger partial charge is 0.478 e. The third-order valence-electron chi connectivity index (χ3n) is 3.50. The summed E-state index contributed by atoms with van der Waals surface area (Å²) in [7, 11) is 1.68. The van der Waals surface area contributed by atoms with Gasteiger partial charge in [-0.15, -0.1) is 0 Å². The first-order chi connectivity index (χ1) is 10.1. The van der Waals surface area contributed by atoms with Gasteiger partial charge in [-0.25, -0.2) is 9.18 Å². The van der Waals surface area contributed by atoms with E-state index in [-0.39, 0.29) is 0 Å². The van der Waals surface area contributed by atoms with Gasteiger partial charge in [-0.1, -0.05) is 6.07 Å². The van der Waals surface area contributed by atoms with Crippen molar-refractivity contribution in [2.45, 2.75) is 25.4 Å². The molecule has 0 bridgehead atoms. The van der Waals surface area contributed by atoms with Crippen LogP contribution in [0.4, 0.5) is 4.39 Å². The van der Waals surface area contributed by atoms with Crippen LogP contribution < -0.4 is 0 Å². The Bertz CT molecular complexity index is 526. The smallest absolute Gasteiger partial charge is 0.328 e. The van der Waals surface area contributed by atoms with Gasteiger partial charge in [0.1, 0.15) is 5.82 Å². The van der Waals surface area contributed by atoms with Crippen LogP contribution in [-0.2, 0) is 16.1 Å². The number of carboxylic acids is 1. The van der Waals surface area contributed by atoms with Gasteiger partial charge in [-0.05, 0) is 36.6 Å². The number of rotatable bonds is 8. The molecule has 2 rings (SSSR count). The minimum Gasteiger partial charge on any atom is -0.478 e. The summed E-state index contributed by atoms with van der Waals surface area (Å²) in [5.74, 6) is -1.49. The van der Waals surface area contributed by atoms with Gasteiger partial charge in [0.25, 0.3) is 0 Å². The molecule has 0 amide bonds. The number of hydrogen-bond acceptors (Lipinski definition) is 3. The Morgan fingerprint density at radius 1 is 1.52 bits per heavy atom.